The molecular formula is C20H22BrN5O3. The predicted octanol–water partition coefficient (Wildman–Crippen LogP) is 3.33. The normalized spacial score (nSPS) is 15.5. The zero-order chi connectivity index (χ0) is 20.2. The van der Waals surface area contributed by atoms with Gasteiger partial charge in [0.25, 0.3) is 0 Å². The number of ether oxygens (including phenoxy) is 2. The minimum absolute atomic E-state index is 0.0632. The van der Waals surface area contributed by atoms with Crippen LogP contribution in [0.5, 0.6) is 5.75 Å². The van der Waals surface area contributed by atoms with Gasteiger partial charge in [-0.1, -0.05) is 0 Å². The van der Waals surface area contributed by atoms with Gasteiger partial charge in [0, 0.05) is 35.9 Å². The topological polar surface area (TPSA) is 106 Å². The van der Waals surface area contributed by atoms with E-state index in [4.69, 9.17) is 15.2 Å². The highest BCUT2D eigenvalue weighted by atomic mass is 79.9. The number of fused-ring (bicyclic) bond motifs is 1. The molecule has 0 unspecified atom stereocenters. The largest absolute Gasteiger partial charge is 0.492 e. The van der Waals surface area contributed by atoms with Gasteiger partial charge in [0.05, 0.1) is 5.52 Å². The highest BCUT2D eigenvalue weighted by Gasteiger charge is 2.21. The lowest BCUT2D eigenvalue weighted by Crippen LogP contribution is -2.40. The molecule has 1 aromatic carbocycles. The number of pyridine rings is 1. The number of hydrogen-bond donors (Lipinski definition) is 2. The summed E-state index contributed by atoms with van der Waals surface area (Å²) < 4.78 is 11.8. The van der Waals surface area contributed by atoms with E-state index < -0.39 is 6.09 Å². The van der Waals surface area contributed by atoms with Crippen molar-refractivity contribution >= 4 is 33.2 Å². The Labute approximate surface area is 176 Å². The first-order chi connectivity index (χ1) is 14.1. The number of primary amides is 1. The Kier molecular flexibility index (Phi) is 5.96. The van der Waals surface area contributed by atoms with Crippen molar-refractivity contribution in [2.45, 2.75) is 18.9 Å². The second-order valence-electron chi connectivity index (χ2n) is 6.96. The van der Waals surface area contributed by atoms with E-state index >= 15 is 0 Å². The van der Waals surface area contributed by atoms with E-state index in [-0.39, 0.29) is 6.10 Å². The SMILES string of the molecule is NC(=O)OC1CCN(CCOc2ccc(-c3nc4ncc(Br)cc4[nH]3)cc2)CC1. The Morgan fingerprint density at radius 3 is 2.76 bits per heavy atom. The van der Waals surface area contributed by atoms with Crippen LogP contribution in [0.3, 0.4) is 0 Å². The summed E-state index contributed by atoms with van der Waals surface area (Å²) in [5, 5.41) is 0. The van der Waals surface area contributed by atoms with Crippen molar-refractivity contribution < 1.29 is 14.3 Å². The minimum atomic E-state index is -0.693. The van der Waals surface area contributed by atoms with Crippen LogP contribution in [0.1, 0.15) is 12.8 Å². The van der Waals surface area contributed by atoms with Gasteiger partial charge in [0.1, 0.15) is 24.3 Å². The Hall–Kier alpha value is -2.65. The molecule has 0 spiro atoms. The third-order valence-corrected chi connectivity index (χ3v) is 5.36. The predicted molar refractivity (Wildman–Crippen MR) is 113 cm³/mol. The number of nitrogens with two attached hydrogens (primary N) is 1. The van der Waals surface area contributed by atoms with Crippen molar-refractivity contribution in [3.8, 4) is 17.1 Å². The molecule has 9 heteroatoms. The molecule has 1 aliphatic rings. The number of likely N-dealkylation sites (tertiary alicyclic amines) is 1. The number of benzene rings is 1. The number of imidazole rings is 1. The summed E-state index contributed by atoms with van der Waals surface area (Å²) in [6.45, 7) is 3.17. The van der Waals surface area contributed by atoms with Crippen LogP contribution in [0, 0.1) is 0 Å². The van der Waals surface area contributed by atoms with Gasteiger partial charge in [0.15, 0.2) is 5.65 Å². The molecule has 1 aliphatic heterocycles. The number of nitrogens with zero attached hydrogens (tertiary/aromatic N) is 3. The van der Waals surface area contributed by atoms with Crippen LogP contribution >= 0.6 is 15.9 Å². The molecule has 1 amide bonds. The molecule has 29 heavy (non-hydrogen) atoms. The number of aromatic amines is 1. The van der Waals surface area contributed by atoms with Gasteiger partial charge in [-0.05, 0) is 59.1 Å². The van der Waals surface area contributed by atoms with E-state index in [2.05, 4.69) is 35.8 Å². The molecule has 0 radical (unpaired) electrons. The van der Waals surface area contributed by atoms with Gasteiger partial charge < -0.3 is 20.2 Å². The number of nitrogens with one attached hydrogen (secondary N) is 1. The fourth-order valence-electron chi connectivity index (χ4n) is 3.43. The average Bonchev–Trinajstić information content (AvgIpc) is 3.12. The van der Waals surface area contributed by atoms with Gasteiger partial charge in [-0.3, -0.25) is 4.90 Å². The molecule has 0 atom stereocenters. The molecule has 3 aromatic rings. The highest BCUT2D eigenvalue weighted by molar-refractivity contribution is 9.10. The maximum Gasteiger partial charge on any atom is 0.404 e. The number of carbonyl (C=O) groups is 1. The van der Waals surface area contributed by atoms with Crippen molar-refractivity contribution in [3.05, 3.63) is 41.0 Å². The third-order valence-electron chi connectivity index (χ3n) is 4.93. The lowest BCUT2D eigenvalue weighted by molar-refractivity contribution is 0.0523. The first-order valence-corrected chi connectivity index (χ1v) is 10.3. The Morgan fingerprint density at radius 1 is 1.28 bits per heavy atom. The van der Waals surface area contributed by atoms with Crippen molar-refractivity contribution in [1.29, 1.82) is 0 Å². The Bertz CT molecular complexity index is 983. The van der Waals surface area contributed by atoms with Gasteiger partial charge in [-0.15, -0.1) is 0 Å². The van der Waals surface area contributed by atoms with E-state index in [1.54, 1.807) is 6.20 Å². The summed E-state index contributed by atoms with van der Waals surface area (Å²) in [4.78, 5) is 25.2. The standard InChI is InChI=1S/C20H22BrN5O3/c21-14-11-17-19(23-12-14)25-18(24-17)13-1-3-15(4-2-13)28-10-9-26-7-5-16(6-8-26)29-20(22)27/h1-4,11-12,16H,5-10H2,(H2,22,27)(H,23,24,25). The van der Waals surface area contributed by atoms with Crippen molar-refractivity contribution in [3.63, 3.8) is 0 Å². The van der Waals surface area contributed by atoms with Gasteiger partial charge >= 0.3 is 6.09 Å². The second-order valence-corrected chi connectivity index (χ2v) is 7.88. The van der Waals surface area contributed by atoms with E-state index in [1.807, 2.05) is 30.3 Å². The number of H-pyrrole nitrogens is 1. The summed E-state index contributed by atoms with van der Waals surface area (Å²) in [7, 11) is 0. The van der Waals surface area contributed by atoms with Crippen LogP contribution in [-0.4, -0.2) is 58.3 Å². The van der Waals surface area contributed by atoms with Crippen LogP contribution in [0.2, 0.25) is 0 Å². The second kappa shape index (κ2) is 8.79. The lowest BCUT2D eigenvalue weighted by atomic mass is 10.1. The van der Waals surface area contributed by atoms with Crippen molar-refractivity contribution in [1.82, 2.24) is 19.9 Å². The van der Waals surface area contributed by atoms with Gasteiger partial charge in [-0.2, -0.15) is 0 Å². The third kappa shape index (κ3) is 5.04. The molecule has 3 heterocycles. The minimum Gasteiger partial charge on any atom is -0.492 e. The quantitative estimate of drug-likeness (QED) is 0.585. The molecule has 1 saturated heterocycles. The number of halogens is 1. The lowest BCUT2D eigenvalue weighted by Gasteiger charge is -2.31. The van der Waals surface area contributed by atoms with Gasteiger partial charge in [-0.25, -0.2) is 14.8 Å². The number of rotatable bonds is 6. The fourth-order valence-corrected chi connectivity index (χ4v) is 3.76. The van der Waals surface area contributed by atoms with E-state index in [0.29, 0.717) is 12.3 Å². The fraction of sp³-hybridized carbons (Fsp3) is 0.350. The first-order valence-electron chi connectivity index (χ1n) is 9.50. The average molecular weight is 460 g/mol. The molecule has 1 fully saturated rings. The maximum atomic E-state index is 10.8. The molecule has 8 nitrogen and oxygen atoms in total. The molecule has 0 bridgehead atoms. The summed E-state index contributed by atoms with van der Waals surface area (Å²) in [6.07, 6.45) is 2.59. The summed E-state index contributed by atoms with van der Waals surface area (Å²) in [5.74, 6) is 1.59. The summed E-state index contributed by atoms with van der Waals surface area (Å²) >= 11 is 3.42. The number of piperidine rings is 1. The molecule has 0 aliphatic carbocycles. The monoisotopic (exact) mass is 459 g/mol. The number of aromatic nitrogens is 3. The zero-order valence-electron chi connectivity index (χ0n) is 15.8. The van der Waals surface area contributed by atoms with Crippen LogP contribution in [0.4, 0.5) is 4.79 Å². The summed E-state index contributed by atoms with van der Waals surface area (Å²) in [5.41, 5.74) is 7.62. The van der Waals surface area contributed by atoms with Crippen molar-refractivity contribution in [2.24, 2.45) is 5.73 Å². The number of carbonyl (C=O) groups excluding carboxylic acids is 1. The van der Waals surface area contributed by atoms with Gasteiger partial charge in [0.2, 0.25) is 0 Å². The highest BCUT2D eigenvalue weighted by Crippen LogP contribution is 2.23. The Morgan fingerprint density at radius 2 is 2.03 bits per heavy atom. The van der Waals surface area contributed by atoms with Crippen LogP contribution in [-0.2, 0) is 4.74 Å². The zero-order valence-corrected chi connectivity index (χ0v) is 17.4. The first kappa shape index (κ1) is 19.7. The number of hydrogen-bond acceptors (Lipinski definition) is 6. The molecule has 2 aromatic heterocycles. The maximum absolute atomic E-state index is 10.8. The molecule has 152 valence electrons. The summed E-state index contributed by atoms with van der Waals surface area (Å²) in [6, 6.07) is 9.81. The molecule has 3 N–H and O–H groups in total. The van der Waals surface area contributed by atoms with E-state index in [0.717, 1.165) is 59.6 Å². The Balaban J connectivity index is 1.27. The van der Waals surface area contributed by atoms with Crippen LogP contribution in [0.25, 0.3) is 22.6 Å². The molecular weight excluding hydrogens is 438 g/mol. The molecule has 0 saturated carbocycles. The van der Waals surface area contributed by atoms with Crippen LogP contribution in [0.15, 0.2) is 41.0 Å². The van der Waals surface area contributed by atoms with Crippen LogP contribution < -0.4 is 10.5 Å². The van der Waals surface area contributed by atoms with Crippen molar-refractivity contribution in [2.75, 3.05) is 26.2 Å². The van der Waals surface area contributed by atoms with E-state index in [9.17, 15) is 4.79 Å². The van der Waals surface area contributed by atoms with E-state index in [1.165, 1.54) is 0 Å². The number of amides is 1. The smallest absolute Gasteiger partial charge is 0.404 e. The molecule has 4 rings (SSSR count).